The lowest BCUT2D eigenvalue weighted by atomic mass is 9.88. The number of nitrogens with zero attached hydrogens (tertiary/aromatic N) is 3. The van der Waals surface area contributed by atoms with E-state index in [0.29, 0.717) is 18.7 Å². The van der Waals surface area contributed by atoms with E-state index in [-0.39, 0.29) is 47.6 Å². The second-order valence-corrected chi connectivity index (χ2v) is 8.90. The van der Waals surface area contributed by atoms with Gasteiger partial charge in [0.2, 0.25) is 17.6 Å². The van der Waals surface area contributed by atoms with E-state index in [1.807, 2.05) is 0 Å². The topological polar surface area (TPSA) is 117 Å². The van der Waals surface area contributed by atoms with Gasteiger partial charge in [0, 0.05) is 36.7 Å². The van der Waals surface area contributed by atoms with Crippen LogP contribution >= 0.6 is 0 Å². The van der Waals surface area contributed by atoms with Crippen molar-refractivity contribution in [3.8, 4) is 11.4 Å². The lowest BCUT2D eigenvalue weighted by molar-refractivity contribution is -0.159. The predicted octanol–water partition coefficient (Wildman–Crippen LogP) is 2.27. The number of amides is 3. The van der Waals surface area contributed by atoms with E-state index < -0.39 is 18.0 Å². The summed E-state index contributed by atoms with van der Waals surface area (Å²) in [6, 6.07) is 4.27. The first-order valence-corrected chi connectivity index (χ1v) is 11.1. The number of hydrogen-bond acceptors (Lipinski definition) is 6. The summed E-state index contributed by atoms with van der Waals surface area (Å²) in [4.78, 5) is 42.5. The van der Waals surface area contributed by atoms with Gasteiger partial charge in [0.25, 0.3) is 5.91 Å². The number of halogens is 3. The van der Waals surface area contributed by atoms with Gasteiger partial charge < -0.3 is 20.1 Å². The Morgan fingerprint density at radius 1 is 1.21 bits per heavy atom. The van der Waals surface area contributed by atoms with E-state index in [1.54, 1.807) is 17.0 Å². The Morgan fingerprint density at radius 3 is 2.71 bits per heavy atom. The summed E-state index contributed by atoms with van der Waals surface area (Å²) in [6.45, 7) is 0.653. The fraction of sp³-hybridized carbons (Fsp3) is 0.500. The standard InChI is InChI=1S/C22H22F3N5O4/c23-22(24,25)21-28-18(29-34-21)11-5-6-12-10-30(20(33)14(12)7-11)16-4-2-1-3-15(16)27-19(32)13-8-17(31)26-9-13/h5-7,13,15-16H,1-4,8-10H2,(H,26,31)(H,27,32)/t13?,15-,16-/m1/s1. The maximum absolute atomic E-state index is 13.3. The molecule has 3 aliphatic rings. The Hall–Kier alpha value is -3.44. The Bertz CT molecular complexity index is 1150. The van der Waals surface area contributed by atoms with Crippen LogP contribution in [0.15, 0.2) is 22.7 Å². The molecule has 1 aliphatic carbocycles. The molecule has 34 heavy (non-hydrogen) atoms. The van der Waals surface area contributed by atoms with Gasteiger partial charge in [-0.25, -0.2) is 0 Å². The summed E-state index contributed by atoms with van der Waals surface area (Å²) in [7, 11) is 0. The van der Waals surface area contributed by atoms with E-state index in [2.05, 4.69) is 25.3 Å². The molecule has 5 rings (SSSR count). The van der Waals surface area contributed by atoms with E-state index in [0.717, 1.165) is 31.2 Å². The minimum atomic E-state index is -4.75. The molecule has 1 saturated heterocycles. The molecule has 2 aromatic rings. The van der Waals surface area contributed by atoms with Crippen LogP contribution in [-0.2, 0) is 22.3 Å². The van der Waals surface area contributed by atoms with Gasteiger partial charge in [-0.05, 0) is 24.5 Å². The van der Waals surface area contributed by atoms with Crippen LogP contribution < -0.4 is 10.6 Å². The third-order valence-corrected chi connectivity index (χ3v) is 6.67. The predicted molar refractivity (Wildman–Crippen MR) is 110 cm³/mol. The molecule has 180 valence electrons. The van der Waals surface area contributed by atoms with Crippen molar-refractivity contribution in [1.82, 2.24) is 25.7 Å². The van der Waals surface area contributed by atoms with Crippen LogP contribution in [-0.4, -0.2) is 51.4 Å². The Morgan fingerprint density at radius 2 is 2.00 bits per heavy atom. The highest BCUT2D eigenvalue weighted by molar-refractivity contribution is 5.99. The average molecular weight is 477 g/mol. The van der Waals surface area contributed by atoms with Crippen molar-refractivity contribution in [2.75, 3.05) is 6.54 Å². The molecule has 3 atom stereocenters. The number of hydrogen-bond donors (Lipinski definition) is 2. The first-order chi connectivity index (χ1) is 16.2. The zero-order chi connectivity index (χ0) is 24.0. The molecule has 2 aliphatic heterocycles. The quantitative estimate of drug-likeness (QED) is 0.698. The summed E-state index contributed by atoms with van der Waals surface area (Å²) in [5, 5.41) is 9.10. The third-order valence-electron chi connectivity index (χ3n) is 6.67. The van der Waals surface area contributed by atoms with Gasteiger partial charge in [0.1, 0.15) is 0 Å². The SMILES string of the molecule is O=C1CC(C(=O)N[C@@H]2CCCC[C@H]2N2Cc3ccc(-c4noc(C(F)(F)F)n4)cc3C2=O)CN1. The molecule has 2 N–H and O–H groups in total. The van der Waals surface area contributed by atoms with Crippen molar-refractivity contribution in [3.05, 3.63) is 35.2 Å². The molecule has 3 amide bonds. The molecule has 0 radical (unpaired) electrons. The number of alkyl halides is 3. The summed E-state index contributed by atoms with van der Waals surface area (Å²) >= 11 is 0. The van der Waals surface area contributed by atoms with Crippen LogP contribution in [0.1, 0.15) is 53.9 Å². The zero-order valence-corrected chi connectivity index (χ0v) is 18.0. The summed E-state index contributed by atoms with van der Waals surface area (Å²) in [6.07, 6.45) is -1.32. The maximum atomic E-state index is 13.3. The molecule has 2 fully saturated rings. The van der Waals surface area contributed by atoms with Crippen LogP contribution in [0.3, 0.4) is 0 Å². The summed E-state index contributed by atoms with van der Waals surface area (Å²) in [5.74, 6) is -2.70. The van der Waals surface area contributed by atoms with Gasteiger partial charge in [-0.15, -0.1) is 0 Å². The molecular formula is C22H22F3N5O4. The van der Waals surface area contributed by atoms with Crippen LogP contribution in [0.2, 0.25) is 0 Å². The second-order valence-electron chi connectivity index (χ2n) is 8.90. The largest absolute Gasteiger partial charge is 0.471 e. The molecule has 0 spiro atoms. The second kappa shape index (κ2) is 8.41. The third kappa shape index (κ3) is 4.12. The minimum Gasteiger partial charge on any atom is -0.355 e. The van der Waals surface area contributed by atoms with Crippen LogP contribution in [0.25, 0.3) is 11.4 Å². The molecule has 3 heterocycles. The smallest absolute Gasteiger partial charge is 0.355 e. The van der Waals surface area contributed by atoms with Crippen molar-refractivity contribution in [1.29, 1.82) is 0 Å². The first-order valence-electron chi connectivity index (χ1n) is 11.1. The molecule has 0 bridgehead atoms. The zero-order valence-electron chi connectivity index (χ0n) is 18.0. The molecule has 1 unspecified atom stereocenters. The minimum absolute atomic E-state index is 0.148. The van der Waals surface area contributed by atoms with Crippen molar-refractivity contribution in [2.24, 2.45) is 5.92 Å². The lowest BCUT2D eigenvalue weighted by Gasteiger charge is -2.38. The summed E-state index contributed by atoms with van der Waals surface area (Å²) < 4.78 is 42.7. The van der Waals surface area contributed by atoms with Gasteiger partial charge in [-0.2, -0.15) is 18.2 Å². The molecular weight excluding hydrogens is 455 g/mol. The maximum Gasteiger partial charge on any atom is 0.471 e. The number of aromatic nitrogens is 2. The fourth-order valence-electron chi connectivity index (χ4n) is 4.93. The van der Waals surface area contributed by atoms with Gasteiger partial charge in [0.05, 0.1) is 12.0 Å². The van der Waals surface area contributed by atoms with Crippen molar-refractivity contribution in [3.63, 3.8) is 0 Å². The number of fused-ring (bicyclic) bond motifs is 1. The molecule has 1 aromatic carbocycles. The Labute approximate surface area is 192 Å². The lowest BCUT2D eigenvalue weighted by Crippen LogP contribution is -2.54. The van der Waals surface area contributed by atoms with Crippen LogP contribution in [0.5, 0.6) is 0 Å². The Balaban J connectivity index is 1.33. The monoisotopic (exact) mass is 477 g/mol. The van der Waals surface area contributed by atoms with E-state index in [4.69, 9.17) is 0 Å². The Kier molecular flexibility index (Phi) is 5.53. The van der Waals surface area contributed by atoms with Gasteiger partial charge in [-0.1, -0.05) is 30.1 Å². The van der Waals surface area contributed by atoms with E-state index in [1.165, 1.54) is 6.07 Å². The molecule has 1 aromatic heterocycles. The number of carbonyl (C=O) groups is 3. The van der Waals surface area contributed by atoms with Crippen molar-refractivity contribution >= 4 is 17.7 Å². The fourth-order valence-corrected chi connectivity index (χ4v) is 4.93. The van der Waals surface area contributed by atoms with Crippen molar-refractivity contribution in [2.45, 2.75) is 56.9 Å². The van der Waals surface area contributed by atoms with Gasteiger partial charge in [-0.3, -0.25) is 14.4 Å². The average Bonchev–Trinajstić information content (AvgIpc) is 3.53. The van der Waals surface area contributed by atoms with Crippen molar-refractivity contribution < 1.29 is 32.1 Å². The number of benzene rings is 1. The molecule has 12 heteroatoms. The van der Waals surface area contributed by atoms with Gasteiger partial charge >= 0.3 is 12.1 Å². The highest BCUT2D eigenvalue weighted by Crippen LogP contribution is 2.34. The highest BCUT2D eigenvalue weighted by atomic mass is 19.4. The number of nitrogens with one attached hydrogen (secondary N) is 2. The number of carbonyl (C=O) groups excluding carboxylic acids is 3. The van der Waals surface area contributed by atoms with Crippen LogP contribution in [0, 0.1) is 5.92 Å². The van der Waals surface area contributed by atoms with E-state index in [9.17, 15) is 27.6 Å². The molecule has 1 saturated carbocycles. The van der Waals surface area contributed by atoms with Crippen LogP contribution in [0.4, 0.5) is 13.2 Å². The van der Waals surface area contributed by atoms with E-state index >= 15 is 0 Å². The number of rotatable bonds is 4. The summed E-state index contributed by atoms with van der Waals surface area (Å²) in [5.41, 5.74) is 1.37. The van der Waals surface area contributed by atoms with Gasteiger partial charge in [0.15, 0.2) is 0 Å². The molecule has 9 nitrogen and oxygen atoms in total. The first kappa shape index (κ1) is 22.4. The highest BCUT2D eigenvalue weighted by Gasteiger charge is 2.41. The normalized spacial score (nSPS) is 24.8.